The van der Waals surface area contributed by atoms with E-state index in [1.165, 1.54) is 0 Å². The number of carbonyl (C=O) groups is 1. The van der Waals surface area contributed by atoms with Crippen LogP contribution in [0.1, 0.15) is 33.6 Å². The Morgan fingerprint density at radius 2 is 2.14 bits per heavy atom. The Labute approximate surface area is 131 Å². The molecule has 0 saturated carbocycles. The number of aromatic amines is 1. The van der Waals surface area contributed by atoms with E-state index < -0.39 is 5.60 Å². The van der Waals surface area contributed by atoms with Crippen LogP contribution >= 0.6 is 0 Å². The van der Waals surface area contributed by atoms with Gasteiger partial charge in [-0.05, 0) is 49.9 Å². The van der Waals surface area contributed by atoms with Crippen molar-refractivity contribution in [2.45, 2.75) is 39.2 Å². The number of fused-ring (bicyclic) bond motifs is 1. The lowest BCUT2D eigenvalue weighted by molar-refractivity contribution is 0.0481. The van der Waals surface area contributed by atoms with Gasteiger partial charge in [-0.15, -0.1) is 0 Å². The highest BCUT2D eigenvalue weighted by Crippen LogP contribution is 2.18. The fourth-order valence-corrected chi connectivity index (χ4v) is 2.27. The number of aromatic nitrogens is 1. The summed E-state index contributed by atoms with van der Waals surface area (Å²) in [6, 6.07) is 7.32. The predicted molar refractivity (Wildman–Crippen MR) is 90.0 cm³/mol. The molecule has 2 rings (SSSR count). The molecular formula is C17H25N3O2. The lowest BCUT2D eigenvalue weighted by Crippen LogP contribution is -2.42. The molecule has 0 bridgehead atoms. The molecule has 0 aliphatic rings. The maximum absolute atomic E-state index is 11.9. The van der Waals surface area contributed by atoms with Crippen molar-refractivity contribution in [3.05, 3.63) is 30.5 Å². The maximum Gasteiger partial charge on any atom is 0.319 e. The standard InChI is InChI=1S/C17H25N3O2/c1-12(2)6-8-17(3,22)11-19-16(21)20-14-4-5-15-13(10-14)7-9-18-15/h4-5,7,9-10,12,18,22H,6,8,11H2,1-3H3,(H2,19,20,21). The van der Waals surface area contributed by atoms with Gasteiger partial charge in [0, 0.05) is 29.3 Å². The first-order valence-electron chi connectivity index (χ1n) is 7.70. The molecular weight excluding hydrogens is 278 g/mol. The van der Waals surface area contributed by atoms with Gasteiger partial charge in [-0.25, -0.2) is 4.79 Å². The van der Waals surface area contributed by atoms with Gasteiger partial charge in [0.2, 0.25) is 0 Å². The SMILES string of the molecule is CC(C)CCC(C)(O)CNC(=O)Nc1ccc2[nH]ccc2c1. The zero-order valence-corrected chi connectivity index (χ0v) is 13.4. The first-order chi connectivity index (χ1) is 10.4. The zero-order valence-electron chi connectivity index (χ0n) is 13.4. The second kappa shape index (κ2) is 6.83. The molecule has 0 saturated heterocycles. The van der Waals surface area contributed by atoms with Crippen LogP contribution in [0.3, 0.4) is 0 Å². The number of aliphatic hydroxyl groups is 1. The van der Waals surface area contributed by atoms with Crippen LogP contribution in [0.2, 0.25) is 0 Å². The summed E-state index contributed by atoms with van der Waals surface area (Å²) in [7, 11) is 0. The van der Waals surface area contributed by atoms with Crippen LogP contribution in [-0.4, -0.2) is 28.3 Å². The molecule has 4 N–H and O–H groups in total. The number of urea groups is 1. The summed E-state index contributed by atoms with van der Waals surface area (Å²) in [5.74, 6) is 0.536. The molecule has 2 amide bonds. The number of amides is 2. The van der Waals surface area contributed by atoms with E-state index >= 15 is 0 Å². The number of anilines is 1. The van der Waals surface area contributed by atoms with E-state index in [1.54, 1.807) is 6.92 Å². The fourth-order valence-electron chi connectivity index (χ4n) is 2.27. The number of nitrogens with one attached hydrogen (secondary N) is 3. The molecule has 1 aromatic heterocycles. The van der Waals surface area contributed by atoms with Gasteiger partial charge < -0.3 is 20.7 Å². The van der Waals surface area contributed by atoms with E-state index in [-0.39, 0.29) is 12.6 Å². The highest BCUT2D eigenvalue weighted by Gasteiger charge is 2.21. The van der Waals surface area contributed by atoms with Crippen LogP contribution in [0.5, 0.6) is 0 Å². The molecule has 1 atom stereocenters. The van der Waals surface area contributed by atoms with Gasteiger partial charge in [0.1, 0.15) is 0 Å². The summed E-state index contributed by atoms with van der Waals surface area (Å²) in [5.41, 5.74) is 0.876. The van der Waals surface area contributed by atoms with Crippen LogP contribution in [-0.2, 0) is 0 Å². The molecule has 1 aromatic carbocycles. The van der Waals surface area contributed by atoms with Gasteiger partial charge in [-0.1, -0.05) is 13.8 Å². The van der Waals surface area contributed by atoms with Gasteiger partial charge in [0.05, 0.1) is 5.60 Å². The Balaban J connectivity index is 1.84. The summed E-state index contributed by atoms with van der Waals surface area (Å²) in [4.78, 5) is 15.0. The van der Waals surface area contributed by atoms with Crippen molar-refractivity contribution < 1.29 is 9.90 Å². The Morgan fingerprint density at radius 3 is 2.86 bits per heavy atom. The highest BCUT2D eigenvalue weighted by molar-refractivity contribution is 5.92. The van der Waals surface area contributed by atoms with Crippen molar-refractivity contribution in [1.82, 2.24) is 10.3 Å². The normalized spacial score (nSPS) is 14.0. The van der Waals surface area contributed by atoms with Gasteiger partial charge in [0.25, 0.3) is 0 Å². The third-order valence-electron chi connectivity index (χ3n) is 3.70. The minimum atomic E-state index is -0.883. The molecule has 5 nitrogen and oxygen atoms in total. The molecule has 22 heavy (non-hydrogen) atoms. The molecule has 0 aliphatic heterocycles. The van der Waals surface area contributed by atoms with Crippen molar-refractivity contribution in [1.29, 1.82) is 0 Å². The lowest BCUT2D eigenvalue weighted by Gasteiger charge is -2.24. The Kier molecular flexibility index (Phi) is 5.08. The van der Waals surface area contributed by atoms with E-state index in [9.17, 15) is 9.90 Å². The van der Waals surface area contributed by atoms with Gasteiger partial charge in [0.15, 0.2) is 0 Å². The van der Waals surface area contributed by atoms with E-state index in [1.807, 2.05) is 30.5 Å². The zero-order chi connectivity index (χ0) is 16.2. The number of benzene rings is 1. The van der Waals surface area contributed by atoms with E-state index in [2.05, 4.69) is 29.5 Å². The molecule has 5 heteroatoms. The average Bonchev–Trinajstić information content (AvgIpc) is 2.91. The van der Waals surface area contributed by atoms with E-state index in [0.717, 1.165) is 23.0 Å². The van der Waals surface area contributed by atoms with Gasteiger partial charge in [-0.3, -0.25) is 0 Å². The van der Waals surface area contributed by atoms with Crippen LogP contribution in [0, 0.1) is 5.92 Å². The number of rotatable bonds is 6. The third-order valence-corrected chi connectivity index (χ3v) is 3.70. The van der Waals surface area contributed by atoms with E-state index in [0.29, 0.717) is 12.3 Å². The molecule has 1 unspecified atom stereocenters. The van der Waals surface area contributed by atoms with E-state index in [4.69, 9.17) is 0 Å². The first kappa shape index (κ1) is 16.4. The molecule has 1 heterocycles. The minimum Gasteiger partial charge on any atom is -0.388 e. The molecule has 2 aromatic rings. The van der Waals surface area contributed by atoms with Crippen molar-refractivity contribution in [2.75, 3.05) is 11.9 Å². The monoisotopic (exact) mass is 303 g/mol. The first-order valence-corrected chi connectivity index (χ1v) is 7.70. The van der Waals surface area contributed by atoms with Gasteiger partial charge in [-0.2, -0.15) is 0 Å². The minimum absolute atomic E-state index is 0.234. The second-order valence-electron chi connectivity index (χ2n) is 6.52. The number of carbonyl (C=O) groups excluding carboxylic acids is 1. The Hall–Kier alpha value is -2.01. The number of H-pyrrole nitrogens is 1. The summed E-state index contributed by atoms with van der Waals surface area (Å²) in [6.45, 7) is 6.22. The summed E-state index contributed by atoms with van der Waals surface area (Å²) in [5, 5.41) is 16.8. The van der Waals surface area contributed by atoms with Crippen LogP contribution in [0.25, 0.3) is 10.9 Å². The Morgan fingerprint density at radius 1 is 1.36 bits per heavy atom. The third kappa shape index (κ3) is 4.77. The Bertz CT molecular complexity index is 632. The topological polar surface area (TPSA) is 77.2 Å². The molecule has 0 radical (unpaired) electrons. The summed E-state index contributed by atoms with van der Waals surface area (Å²) >= 11 is 0. The predicted octanol–water partition coefficient (Wildman–Crippen LogP) is 3.48. The highest BCUT2D eigenvalue weighted by atomic mass is 16.3. The largest absolute Gasteiger partial charge is 0.388 e. The molecule has 120 valence electrons. The summed E-state index contributed by atoms with van der Waals surface area (Å²) < 4.78 is 0. The maximum atomic E-state index is 11.9. The van der Waals surface area contributed by atoms with Crippen LogP contribution in [0.4, 0.5) is 10.5 Å². The number of hydrogen-bond donors (Lipinski definition) is 4. The van der Waals surface area contributed by atoms with Crippen LogP contribution < -0.4 is 10.6 Å². The lowest BCUT2D eigenvalue weighted by atomic mass is 9.95. The average molecular weight is 303 g/mol. The van der Waals surface area contributed by atoms with Crippen molar-refractivity contribution >= 4 is 22.6 Å². The van der Waals surface area contributed by atoms with Crippen molar-refractivity contribution in [3.63, 3.8) is 0 Å². The fraction of sp³-hybridized carbons (Fsp3) is 0.471. The summed E-state index contributed by atoms with van der Waals surface area (Å²) in [6.07, 6.45) is 3.46. The molecule has 0 aliphatic carbocycles. The van der Waals surface area contributed by atoms with Gasteiger partial charge >= 0.3 is 6.03 Å². The molecule has 0 fully saturated rings. The smallest absolute Gasteiger partial charge is 0.319 e. The van der Waals surface area contributed by atoms with Crippen LogP contribution in [0.15, 0.2) is 30.5 Å². The van der Waals surface area contributed by atoms with Crippen molar-refractivity contribution in [3.8, 4) is 0 Å². The second-order valence-corrected chi connectivity index (χ2v) is 6.52. The quantitative estimate of drug-likeness (QED) is 0.659. The molecule has 0 spiro atoms. The number of hydrogen-bond acceptors (Lipinski definition) is 2. The van der Waals surface area contributed by atoms with Crippen molar-refractivity contribution in [2.24, 2.45) is 5.92 Å².